The molecule has 0 saturated carbocycles. The molecule has 4 nitrogen and oxygen atoms in total. The van der Waals surface area contributed by atoms with Crippen molar-refractivity contribution in [1.82, 2.24) is 4.90 Å². The maximum absolute atomic E-state index is 12.1. The molecule has 1 aliphatic rings. The molecule has 0 bridgehead atoms. The van der Waals surface area contributed by atoms with Crippen molar-refractivity contribution in [3.05, 3.63) is 35.4 Å². The van der Waals surface area contributed by atoms with E-state index in [0.29, 0.717) is 23.7 Å². The average molecular weight is 333 g/mol. The Balaban J connectivity index is 2.10. The van der Waals surface area contributed by atoms with E-state index in [0.717, 1.165) is 10.5 Å². The minimum absolute atomic E-state index is 0.194. The van der Waals surface area contributed by atoms with Crippen molar-refractivity contribution in [2.45, 2.75) is 18.6 Å². The number of carboxylic acid groups (broad SMARTS) is 1. The van der Waals surface area contributed by atoms with Crippen LogP contribution in [0.25, 0.3) is 0 Å². The van der Waals surface area contributed by atoms with Crippen LogP contribution in [-0.4, -0.2) is 46.1 Å². The fourth-order valence-electron chi connectivity index (χ4n) is 2.44. The van der Waals surface area contributed by atoms with Crippen molar-refractivity contribution < 1.29 is 27.9 Å². The third-order valence-electron chi connectivity index (χ3n) is 3.33. The van der Waals surface area contributed by atoms with E-state index in [-0.39, 0.29) is 12.3 Å². The zero-order valence-electron chi connectivity index (χ0n) is 11.5. The van der Waals surface area contributed by atoms with Crippen LogP contribution in [-0.2, 0) is 16.0 Å². The number of carboxylic acids is 1. The van der Waals surface area contributed by atoms with Crippen LogP contribution in [0, 0.1) is 0 Å². The van der Waals surface area contributed by atoms with Crippen LogP contribution < -0.4 is 0 Å². The van der Waals surface area contributed by atoms with Gasteiger partial charge in [-0.05, 0) is 17.5 Å². The smallest absolute Gasteiger partial charge is 0.397 e. The monoisotopic (exact) mass is 333 g/mol. The van der Waals surface area contributed by atoms with E-state index < -0.39 is 29.8 Å². The standard InChI is InChI=1S/C14H14F3NO3S/c15-14(16,17)8-22-7-11(19)18-6-5-9-3-1-2-4-10(9)12(18)13(20)21/h1-4,12H,5-8H2,(H,20,21). The van der Waals surface area contributed by atoms with Gasteiger partial charge in [0, 0.05) is 6.54 Å². The molecule has 1 heterocycles. The van der Waals surface area contributed by atoms with Crippen LogP contribution in [0.2, 0.25) is 0 Å². The number of amides is 1. The summed E-state index contributed by atoms with van der Waals surface area (Å²) in [6, 6.07) is 5.77. The number of nitrogens with zero attached hydrogens (tertiary/aromatic N) is 1. The first kappa shape index (κ1) is 16.7. The number of aliphatic carboxylic acids is 1. The van der Waals surface area contributed by atoms with Gasteiger partial charge in [0.2, 0.25) is 5.91 Å². The molecule has 8 heteroatoms. The number of benzene rings is 1. The van der Waals surface area contributed by atoms with Crippen molar-refractivity contribution >= 4 is 23.6 Å². The molecule has 1 unspecified atom stereocenters. The van der Waals surface area contributed by atoms with Crippen LogP contribution in [0.15, 0.2) is 24.3 Å². The van der Waals surface area contributed by atoms with E-state index in [1.54, 1.807) is 24.3 Å². The Morgan fingerprint density at radius 1 is 1.32 bits per heavy atom. The molecule has 0 saturated heterocycles. The Kier molecular flexibility index (Phi) is 5.00. The summed E-state index contributed by atoms with van der Waals surface area (Å²) >= 11 is 0.448. The van der Waals surface area contributed by atoms with Gasteiger partial charge >= 0.3 is 12.1 Å². The molecule has 0 radical (unpaired) electrons. The molecule has 0 aromatic heterocycles. The molecule has 2 rings (SSSR count). The summed E-state index contributed by atoms with van der Waals surface area (Å²) in [6.45, 7) is 0.194. The van der Waals surface area contributed by atoms with Crippen molar-refractivity contribution in [2.75, 3.05) is 18.1 Å². The molecule has 0 fully saturated rings. The molecule has 22 heavy (non-hydrogen) atoms. The van der Waals surface area contributed by atoms with Crippen LogP contribution >= 0.6 is 11.8 Å². The molecular weight excluding hydrogens is 319 g/mol. The summed E-state index contributed by atoms with van der Waals surface area (Å²) in [5, 5.41) is 9.38. The zero-order valence-corrected chi connectivity index (χ0v) is 12.3. The number of halogens is 3. The molecule has 1 aromatic rings. The fourth-order valence-corrected chi connectivity index (χ4v) is 3.11. The highest BCUT2D eigenvalue weighted by Crippen LogP contribution is 2.31. The Morgan fingerprint density at radius 2 is 2.00 bits per heavy atom. The second kappa shape index (κ2) is 6.60. The fraction of sp³-hybridized carbons (Fsp3) is 0.429. The minimum atomic E-state index is -4.34. The van der Waals surface area contributed by atoms with Gasteiger partial charge < -0.3 is 10.0 Å². The maximum Gasteiger partial charge on any atom is 0.397 e. The van der Waals surface area contributed by atoms with Crippen LogP contribution in [0.3, 0.4) is 0 Å². The lowest BCUT2D eigenvalue weighted by Gasteiger charge is -2.34. The second-order valence-electron chi connectivity index (χ2n) is 4.88. The highest BCUT2D eigenvalue weighted by molar-refractivity contribution is 8.00. The summed E-state index contributed by atoms with van der Waals surface area (Å²) in [4.78, 5) is 24.7. The van der Waals surface area contributed by atoms with E-state index in [1.807, 2.05) is 0 Å². The van der Waals surface area contributed by atoms with Gasteiger partial charge in [-0.1, -0.05) is 24.3 Å². The second-order valence-corrected chi connectivity index (χ2v) is 5.87. The predicted molar refractivity (Wildman–Crippen MR) is 75.6 cm³/mol. The van der Waals surface area contributed by atoms with Crippen LogP contribution in [0.4, 0.5) is 13.2 Å². The molecule has 1 amide bonds. The number of hydrogen-bond acceptors (Lipinski definition) is 3. The lowest BCUT2D eigenvalue weighted by molar-refractivity contribution is -0.150. The Morgan fingerprint density at radius 3 is 2.64 bits per heavy atom. The third-order valence-corrected chi connectivity index (χ3v) is 4.31. The quantitative estimate of drug-likeness (QED) is 0.920. The number of carbonyl (C=O) groups is 2. The number of alkyl halides is 3. The molecule has 1 N–H and O–H groups in total. The lowest BCUT2D eigenvalue weighted by Crippen LogP contribution is -2.44. The van der Waals surface area contributed by atoms with Gasteiger partial charge in [-0.25, -0.2) is 4.79 Å². The first-order valence-corrected chi connectivity index (χ1v) is 7.69. The van der Waals surface area contributed by atoms with Crippen LogP contribution in [0.5, 0.6) is 0 Å². The van der Waals surface area contributed by atoms with E-state index in [4.69, 9.17) is 0 Å². The van der Waals surface area contributed by atoms with E-state index >= 15 is 0 Å². The first-order valence-electron chi connectivity index (χ1n) is 6.54. The largest absolute Gasteiger partial charge is 0.479 e. The first-order chi connectivity index (χ1) is 10.3. The SMILES string of the molecule is O=C(O)C1c2ccccc2CCN1C(=O)CSCC(F)(F)F. The summed E-state index contributed by atoms with van der Waals surface area (Å²) in [5.74, 6) is -3.27. The van der Waals surface area contributed by atoms with Gasteiger partial charge in [-0.2, -0.15) is 13.2 Å². The van der Waals surface area contributed by atoms with Gasteiger partial charge in [-0.15, -0.1) is 11.8 Å². The topological polar surface area (TPSA) is 57.6 Å². The van der Waals surface area contributed by atoms with Gasteiger partial charge in [0.1, 0.15) is 0 Å². The molecule has 1 aromatic carbocycles. The highest BCUT2D eigenvalue weighted by atomic mass is 32.2. The number of fused-ring (bicyclic) bond motifs is 1. The van der Waals surface area contributed by atoms with Gasteiger partial charge in [0.05, 0.1) is 11.5 Å². The highest BCUT2D eigenvalue weighted by Gasteiger charge is 2.36. The van der Waals surface area contributed by atoms with Crippen molar-refractivity contribution in [1.29, 1.82) is 0 Å². The van der Waals surface area contributed by atoms with E-state index in [9.17, 15) is 27.9 Å². The summed E-state index contributed by atoms with van der Waals surface area (Å²) in [7, 11) is 0. The van der Waals surface area contributed by atoms with Gasteiger partial charge in [0.15, 0.2) is 6.04 Å². The normalized spacial score (nSPS) is 18.0. The van der Waals surface area contributed by atoms with Gasteiger partial charge in [-0.3, -0.25) is 4.79 Å². The number of carbonyl (C=O) groups excluding carboxylic acids is 1. The number of hydrogen-bond donors (Lipinski definition) is 1. The Labute approximate surface area is 129 Å². The van der Waals surface area contributed by atoms with E-state index in [2.05, 4.69) is 0 Å². The maximum atomic E-state index is 12.1. The number of thioether (sulfide) groups is 1. The van der Waals surface area contributed by atoms with Crippen LogP contribution in [0.1, 0.15) is 17.2 Å². The summed E-state index contributed by atoms with van der Waals surface area (Å²) < 4.78 is 36.3. The molecule has 1 aliphatic heterocycles. The minimum Gasteiger partial charge on any atom is -0.479 e. The van der Waals surface area contributed by atoms with Crippen molar-refractivity contribution in [3.63, 3.8) is 0 Å². The summed E-state index contributed by atoms with van der Waals surface area (Å²) in [6.07, 6.45) is -3.85. The molecule has 0 spiro atoms. The number of rotatable bonds is 4. The third kappa shape index (κ3) is 3.94. The lowest BCUT2D eigenvalue weighted by atomic mass is 9.92. The van der Waals surface area contributed by atoms with Crippen molar-refractivity contribution in [2.24, 2.45) is 0 Å². The zero-order chi connectivity index (χ0) is 16.3. The Hall–Kier alpha value is -1.70. The van der Waals surface area contributed by atoms with E-state index in [1.165, 1.54) is 0 Å². The molecule has 0 aliphatic carbocycles. The summed E-state index contributed by atoms with van der Waals surface area (Å²) in [5.41, 5.74) is 1.37. The molecule has 120 valence electrons. The van der Waals surface area contributed by atoms with Gasteiger partial charge in [0.25, 0.3) is 0 Å². The molecule has 1 atom stereocenters. The van der Waals surface area contributed by atoms with Crippen molar-refractivity contribution in [3.8, 4) is 0 Å². The average Bonchev–Trinajstić information content (AvgIpc) is 2.44. The molecular formula is C14H14F3NO3S. The Bertz CT molecular complexity index is 577. The predicted octanol–water partition coefficient (Wildman–Crippen LogP) is 2.49.